The van der Waals surface area contributed by atoms with Crippen LogP contribution in [-0.2, 0) is 0 Å². The van der Waals surface area contributed by atoms with Crippen molar-refractivity contribution in [2.45, 2.75) is 19.8 Å². The van der Waals surface area contributed by atoms with Crippen LogP contribution in [0, 0.1) is 5.92 Å². The van der Waals surface area contributed by atoms with Crippen molar-refractivity contribution < 1.29 is 13.9 Å². The number of furan rings is 1. The molecule has 5 nitrogen and oxygen atoms in total. The minimum atomic E-state index is -0.0442. The van der Waals surface area contributed by atoms with Gasteiger partial charge in [-0.25, -0.2) is 0 Å². The second kappa shape index (κ2) is 6.36. The number of nitrogens with zero attached hydrogens (tertiary/aromatic N) is 1. The predicted octanol–water partition coefficient (Wildman–Crippen LogP) is 3.41. The Bertz CT molecular complexity index is 708. The molecule has 1 aliphatic rings. The van der Waals surface area contributed by atoms with Gasteiger partial charge in [-0.1, -0.05) is 6.92 Å². The van der Waals surface area contributed by atoms with Crippen LogP contribution in [0.4, 0.5) is 5.69 Å². The van der Waals surface area contributed by atoms with Gasteiger partial charge in [0.05, 0.1) is 12.7 Å². The first kappa shape index (κ1) is 15.5. The van der Waals surface area contributed by atoms with Gasteiger partial charge in [0.15, 0.2) is 5.76 Å². The van der Waals surface area contributed by atoms with Crippen molar-refractivity contribution in [1.82, 2.24) is 4.90 Å². The van der Waals surface area contributed by atoms with Gasteiger partial charge in [-0.05, 0) is 43.0 Å². The second-order valence-electron chi connectivity index (χ2n) is 6.12. The highest BCUT2D eigenvalue weighted by Gasteiger charge is 2.24. The number of amides is 1. The predicted molar refractivity (Wildman–Crippen MR) is 89.4 cm³/mol. The fourth-order valence-corrected chi connectivity index (χ4v) is 3.04. The van der Waals surface area contributed by atoms with Crippen LogP contribution in [0.15, 0.2) is 34.7 Å². The lowest BCUT2D eigenvalue weighted by Gasteiger charge is -2.30. The minimum Gasteiger partial charge on any atom is -0.496 e. The Morgan fingerprint density at radius 1 is 1.35 bits per heavy atom. The molecular weight excluding hydrogens is 292 g/mol. The standard InChI is InChI=1S/C18H22N2O3/c1-12-4-3-9-20(11-12)18(21)16-8-7-15(23-16)14-6-5-13(19)10-17(14)22-2/h5-8,10,12H,3-4,9,11,19H2,1-2H3/t12-/m1/s1. The van der Waals surface area contributed by atoms with E-state index in [1.807, 2.05) is 11.0 Å². The molecule has 0 spiro atoms. The van der Waals surface area contributed by atoms with Crippen molar-refractivity contribution >= 4 is 11.6 Å². The highest BCUT2D eigenvalue weighted by molar-refractivity contribution is 5.92. The number of carbonyl (C=O) groups excluding carboxylic acids is 1. The van der Waals surface area contributed by atoms with Gasteiger partial charge in [-0.3, -0.25) is 4.79 Å². The molecule has 1 aromatic heterocycles. The maximum atomic E-state index is 12.6. The molecule has 0 radical (unpaired) electrons. The van der Waals surface area contributed by atoms with E-state index < -0.39 is 0 Å². The Balaban J connectivity index is 1.84. The van der Waals surface area contributed by atoms with E-state index in [1.165, 1.54) is 6.42 Å². The fourth-order valence-electron chi connectivity index (χ4n) is 3.04. The van der Waals surface area contributed by atoms with E-state index in [9.17, 15) is 4.79 Å². The average molecular weight is 314 g/mol. The summed E-state index contributed by atoms with van der Waals surface area (Å²) in [6, 6.07) is 8.89. The molecule has 2 N–H and O–H groups in total. The summed E-state index contributed by atoms with van der Waals surface area (Å²) in [7, 11) is 1.59. The second-order valence-corrected chi connectivity index (χ2v) is 6.12. The smallest absolute Gasteiger partial charge is 0.289 e. The van der Waals surface area contributed by atoms with Gasteiger partial charge in [0.2, 0.25) is 0 Å². The number of benzene rings is 1. The SMILES string of the molecule is COc1cc(N)ccc1-c1ccc(C(=O)N2CCC[C@@H](C)C2)o1. The quantitative estimate of drug-likeness (QED) is 0.882. The lowest BCUT2D eigenvalue weighted by Crippen LogP contribution is -2.38. The Hall–Kier alpha value is -2.43. The monoisotopic (exact) mass is 314 g/mol. The Morgan fingerprint density at radius 2 is 2.17 bits per heavy atom. The first-order valence-corrected chi connectivity index (χ1v) is 7.91. The number of rotatable bonds is 3. The lowest BCUT2D eigenvalue weighted by molar-refractivity contribution is 0.0652. The summed E-state index contributed by atoms with van der Waals surface area (Å²) >= 11 is 0. The molecule has 1 aliphatic heterocycles. The van der Waals surface area contributed by atoms with Crippen LogP contribution >= 0.6 is 0 Å². The van der Waals surface area contributed by atoms with Crippen molar-refractivity contribution in [1.29, 1.82) is 0 Å². The first-order valence-electron chi connectivity index (χ1n) is 7.91. The lowest BCUT2D eigenvalue weighted by atomic mass is 10.0. The van der Waals surface area contributed by atoms with Gasteiger partial charge < -0.3 is 19.8 Å². The summed E-state index contributed by atoms with van der Waals surface area (Å²) in [5.41, 5.74) is 7.18. The van der Waals surface area contributed by atoms with Crippen LogP contribution in [0.2, 0.25) is 0 Å². The highest BCUT2D eigenvalue weighted by atomic mass is 16.5. The summed E-state index contributed by atoms with van der Waals surface area (Å²) < 4.78 is 11.1. The number of nitrogens with two attached hydrogens (primary N) is 1. The highest BCUT2D eigenvalue weighted by Crippen LogP contribution is 2.33. The van der Waals surface area contributed by atoms with E-state index in [1.54, 1.807) is 31.4 Å². The van der Waals surface area contributed by atoms with Gasteiger partial charge in [0.25, 0.3) is 5.91 Å². The third-order valence-corrected chi connectivity index (χ3v) is 4.25. The molecule has 2 heterocycles. The summed E-state index contributed by atoms with van der Waals surface area (Å²) in [5, 5.41) is 0. The normalized spacial score (nSPS) is 18.0. The molecule has 1 saturated heterocycles. The Labute approximate surface area is 136 Å². The molecule has 2 aromatic rings. The van der Waals surface area contributed by atoms with Crippen LogP contribution in [0.5, 0.6) is 5.75 Å². The fraction of sp³-hybridized carbons (Fsp3) is 0.389. The number of nitrogen functional groups attached to an aromatic ring is 1. The van der Waals surface area contributed by atoms with Gasteiger partial charge in [0.1, 0.15) is 11.5 Å². The third kappa shape index (κ3) is 3.18. The molecule has 0 aliphatic carbocycles. The number of piperidine rings is 1. The number of likely N-dealkylation sites (tertiary alicyclic amines) is 1. The number of hydrogen-bond acceptors (Lipinski definition) is 4. The summed E-state index contributed by atoms with van der Waals surface area (Å²) in [4.78, 5) is 14.5. The Kier molecular flexibility index (Phi) is 4.28. The molecule has 0 bridgehead atoms. The molecule has 1 atom stereocenters. The number of methoxy groups -OCH3 is 1. The molecular formula is C18H22N2O3. The van der Waals surface area contributed by atoms with E-state index in [0.29, 0.717) is 28.9 Å². The zero-order valence-electron chi connectivity index (χ0n) is 13.5. The van der Waals surface area contributed by atoms with Gasteiger partial charge in [-0.2, -0.15) is 0 Å². The molecule has 5 heteroatoms. The number of hydrogen-bond donors (Lipinski definition) is 1. The van der Waals surface area contributed by atoms with Crippen LogP contribution in [0.1, 0.15) is 30.3 Å². The maximum Gasteiger partial charge on any atom is 0.289 e. The van der Waals surface area contributed by atoms with Crippen molar-refractivity contribution in [2.75, 3.05) is 25.9 Å². The number of ether oxygens (including phenoxy) is 1. The van der Waals surface area contributed by atoms with Crippen molar-refractivity contribution in [2.24, 2.45) is 5.92 Å². The van der Waals surface area contributed by atoms with Crippen LogP contribution in [0.25, 0.3) is 11.3 Å². The minimum absolute atomic E-state index is 0.0442. The summed E-state index contributed by atoms with van der Waals surface area (Å²) in [5.74, 6) is 2.10. The van der Waals surface area contributed by atoms with Gasteiger partial charge in [0, 0.05) is 24.8 Å². The number of anilines is 1. The van der Waals surface area contributed by atoms with Crippen LogP contribution < -0.4 is 10.5 Å². The molecule has 0 unspecified atom stereocenters. The van der Waals surface area contributed by atoms with E-state index in [-0.39, 0.29) is 5.91 Å². The van der Waals surface area contributed by atoms with Crippen LogP contribution in [0.3, 0.4) is 0 Å². The molecule has 3 rings (SSSR count). The van der Waals surface area contributed by atoms with Crippen molar-refractivity contribution in [3.8, 4) is 17.1 Å². The first-order chi connectivity index (χ1) is 11.1. The van der Waals surface area contributed by atoms with Gasteiger partial charge in [-0.15, -0.1) is 0 Å². The summed E-state index contributed by atoms with van der Waals surface area (Å²) in [6.45, 7) is 3.76. The molecule has 122 valence electrons. The van der Waals surface area contributed by atoms with Crippen molar-refractivity contribution in [3.63, 3.8) is 0 Å². The van der Waals surface area contributed by atoms with Gasteiger partial charge >= 0.3 is 0 Å². The maximum absolute atomic E-state index is 12.6. The largest absolute Gasteiger partial charge is 0.496 e. The summed E-state index contributed by atoms with van der Waals surface area (Å²) in [6.07, 6.45) is 2.22. The zero-order chi connectivity index (χ0) is 16.4. The van der Waals surface area contributed by atoms with E-state index in [4.69, 9.17) is 14.9 Å². The van der Waals surface area contributed by atoms with E-state index >= 15 is 0 Å². The molecule has 23 heavy (non-hydrogen) atoms. The molecule has 0 saturated carbocycles. The average Bonchev–Trinajstić information content (AvgIpc) is 3.03. The third-order valence-electron chi connectivity index (χ3n) is 4.25. The molecule has 1 amide bonds. The van der Waals surface area contributed by atoms with Crippen LogP contribution in [-0.4, -0.2) is 31.0 Å². The topological polar surface area (TPSA) is 68.7 Å². The molecule has 1 aromatic carbocycles. The van der Waals surface area contributed by atoms with Crippen molar-refractivity contribution in [3.05, 3.63) is 36.1 Å². The zero-order valence-corrected chi connectivity index (χ0v) is 13.5. The Morgan fingerprint density at radius 3 is 2.91 bits per heavy atom. The number of carbonyl (C=O) groups is 1. The van der Waals surface area contributed by atoms with E-state index in [0.717, 1.165) is 25.1 Å². The molecule has 1 fully saturated rings. The van der Waals surface area contributed by atoms with E-state index in [2.05, 4.69) is 6.92 Å².